The lowest BCUT2D eigenvalue weighted by molar-refractivity contribution is 0.115. The number of likely N-dealkylation sites (tertiary alicyclic amines) is 1. The Labute approximate surface area is 118 Å². The predicted molar refractivity (Wildman–Crippen MR) is 72.8 cm³/mol. The lowest BCUT2D eigenvalue weighted by Gasteiger charge is -2.36. The highest BCUT2D eigenvalue weighted by atomic mass is 16.5. The fourth-order valence-electron chi connectivity index (χ4n) is 3.41. The van der Waals surface area contributed by atoms with Gasteiger partial charge in [0.1, 0.15) is 6.26 Å². The van der Waals surface area contributed by atoms with Crippen molar-refractivity contribution < 1.29 is 8.94 Å². The van der Waals surface area contributed by atoms with Crippen LogP contribution in [0.4, 0.5) is 0 Å². The summed E-state index contributed by atoms with van der Waals surface area (Å²) in [5.41, 5.74) is 0.872. The first-order valence-electron chi connectivity index (χ1n) is 7.49. The highest BCUT2D eigenvalue weighted by molar-refractivity contribution is 5.51. The number of rotatable bonds is 4. The summed E-state index contributed by atoms with van der Waals surface area (Å²) in [6.07, 6.45) is 10.1. The van der Waals surface area contributed by atoms with E-state index in [1.807, 2.05) is 6.07 Å². The second-order valence-corrected chi connectivity index (χ2v) is 5.89. The monoisotopic (exact) mass is 273 g/mol. The standard InChI is InChI=1S/C15H19N3O2/c1-3-11(4-1)13-5-2-7-18(13)9-14-16-15(17-20-14)12-6-8-19-10-12/h6,8,10-11,13H,1-5,7,9H2/t13-/m0/s1. The molecule has 106 valence electrons. The summed E-state index contributed by atoms with van der Waals surface area (Å²) in [6.45, 7) is 1.94. The van der Waals surface area contributed by atoms with Gasteiger partial charge in [-0.25, -0.2) is 0 Å². The molecule has 4 rings (SSSR count). The zero-order valence-electron chi connectivity index (χ0n) is 11.5. The molecular formula is C15H19N3O2. The lowest BCUT2D eigenvalue weighted by Crippen LogP contribution is -2.38. The summed E-state index contributed by atoms with van der Waals surface area (Å²) >= 11 is 0. The Bertz CT molecular complexity index is 559. The van der Waals surface area contributed by atoms with Crippen LogP contribution in [0.15, 0.2) is 27.5 Å². The van der Waals surface area contributed by atoms with Gasteiger partial charge in [0, 0.05) is 6.04 Å². The molecule has 0 aromatic carbocycles. The number of aromatic nitrogens is 2. The van der Waals surface area contributed by atoms with Crippen molar-refractivity contribution in [2.24, 2.45) is 5.92 Å². The quantitative estimate of drug-likeness (QED) is 0.856. The van der Waals surface area contributed by atoms with Crippen LogP contribution in [-0.2, 0) is 6.54 Å². The average Bonchev–Trinajstić information content (AvgIpc) is 3.09. The SMILES string of the molecule is c1cc(-c2noc(CN3CCC[C@H]3C3CCC3)n2)co1. The van der Waals surface area contributed by atoms with E-state index < -0.39 is 0 Å². The molecule has 1 aliphatic heterocycles. The summed E-state index contributed by atoms with van der Waals surface area (Å²) in [7, 11) is 0. The van der Waals surface area contributed by atoms with Crippen molar-refractivity contribution in [3.63, 3.8) is 0 Å². The number of furan rings is 1. The van der Waals surface area contributed by atoms with Crippen LogP contribution in [0, 0.1) is 5.92 Å². The Morgan fingerprint density at radius 2 is 2.20 bits per heavy atom. The maximum atomic E-state index is 5.39. The van der Waals surface area contributed by atoms with E-state index in [-0.39, 0.29) is 0 Å². The minimum Gasteiger partial charge on any atom is -0.472 e. The Hall–Kier alpha value is -1.62. The van der Waals surface area contributed by atoms with Gasteiger partial charge in [-0.1, -0.05) is 11.6 Å². The number of hydrogen-bond donors (Lipinski definition) is 0. The van der Waals surface area contributed by atoms with Crippen LogP contribution >= 0.6 is 0 Å². The second-order valence-electron chi connectivity index (χ2n) is 5.89. The Morgan fingerprint density at radius 1 is 1.25 bits per heavy atom. The molecule has 0 unspecified atom stereocenters. The van der Waals surface area contributed by atoms with Crippen molar-refractivity contribution in [3.8, 4) is 11.4 Å². The van der Waals surface area contributed by atoms with Gasteiger partial charge in [0.25, 0.3) is 0 Å². The van der Waals surface area contributed by atoms with Crippen LogP contribution in [0.5, 0.6) is 0 Å². The third-order valence-electron chi connectivity index (χ3n) is 4.69. The van der Waals surface area contributed by atoms with E-state index in [4.69, 9.17) is 8.94 Å². The molecule has 0 N–H and O–H groups in total. The normalized spacial score (nSPS) is 24.1. The van der Waals surface area contributed by atoms with Gasteiger partial charge in [-0.2, -0.15) is 4.98 Å². The molecule has 3 heterocycles. The van der Waals surface area contributed by atoms with Crippen molar-refractivity contribution in [1.29, 1.82) is 0 Å². The maximum absolute atomic E-state index is 5.39. The van der Waals surface area contributed by atoms with E-state index >= 15 is 0 Å². The molecule has 2 aromatic heterocycles. The molecule has 1 aliphatic carbocycles. The summed E-state index contributed by atoms with van der Waals surface area (Å²) < 4.78 is 10.4. The van der Waals surface area contributed by atoms with Gasteiger partial charge >= 0.3 is 0 Å². The molecule has 20 heavy (non-hydrogen) atoms. The van der Waals surface area contributed by atoms with Crippen molar-refractivity contribution in [1.82, 2.24) is 15.0 Å². The van der Waals surface area contributed by atoms with E-state index in [1.165, 1.54) is 32.1 Å². The molecule has 0 bridgehead atoms. The molecule has 1 saturated heterocycles. The zero-order chi connectivity index (χ0) is 13.4. The van der Waals surface area contributed by atoms with Crippen LogP contribution < -0.4 is 0 Å². The first kappa shape index (κ1) is 12.1. The van der Waals surface area contributed by atoms with E-state index in [0.29, 0.717) is 11.7 Å². The largest absolute Gasteiger partial charge is 0.472 e. The van der Waals surface area contributed by atoms with Crippen LogP contribution in [0.25, 0.3) is 11.4 Å². The third kappa shape index (κ3) is 2.16. The van der Waals surface area contributed by atoms with Gasteiger partial charge in [-0.05, 0) is 44.2 Å². The van der Waals surface area contributed by atoms with Crippen LogP contribution in [-0.4, -0.2) is 27.6 Å². The predicted octanol–water partition coefficient (Wildman–Crippen LogP) is 3.09. The summed E-state index contributed by atoms with van der Waals surface area (Å²) in [5, 5.41) is 4.03. The van der Waals surface area contributed by atoms with Crippen molar-refractivity contribution in [2.75, 3.05) is 6.54 Å². The lowest BCUT2D eigenvalue weighted by atomic mass is 9.79. The fraction of sp³-hybridized carbons (Fsp3) is 0.600. The van der Waals surface area contributed by atoms with Gasteiger partial charge in [0.05, 0.1) is 18.4 Å². The van der Waals surface area contributed by atoms with Crippen molar-refractivity contribution in [3.05, 3.63) is 24.5 Å². The van der Waals surface area contributed by atoms with E-state index in [1.54, 1.807) is 12.5 Å². The molecule has 5 nitrogen and oxygen atoms in total. The van der Waals surface area contributed by atoms with E-state index in [2.05, 4.69) is 15.0 Å². The summed E-state index contributed by atoms with van der Waals surface area (Å²) in [4.78, 5) is 7.00. The fourth-order valence-corrected chi connectivity index (χ4v) is 3.41. The molecular weight excluding hydrogens is 254 g/mol. The molecule has 5 heteroatoms. The van der Waals surface area contributed by atoms with Gasteiger partial charge in [-0.3, -0.25) is 4.90 Å². The Morgan fingerprint density at radius 3 is 2.95 bits per heavy atom. The summed E-state index contributed by atoms with van der Waals surface area (Å²) in [5.74, 6) is 2.23. The molecule has 1 saturated carbocycles. The Balaban J connectivity index is 1.46. The minimum absolute atomic E-state index is 0.619. The third-order valence-corrected chi connectivity index (χ3v) is 4.69. The molecule has 0 amide bonds. The molecule has 0 spiro atoms. The Kier molecular flexibility index (Phi) is 3.07. The minimum atomic E-state index is 0.619. The highest BCUT2D eigenvalue weighted by Crippen LogP contribution is 2.37. The zero-order valence-corrected chi connectivity index (χ0v) is 11.5. The van der Waals surface area contributed by atoms with Crippen LogP contribution in [0.1, 0.15) is 38.0 Å². The highest BCUT2D eigenvalue weighted by Gasteiger charge is 2.35. The van der Waals surface area contributed by atoms with E-state index in [0.717, 1.165) is 30.6 Å². The van der Waals surface area contributed by atoms with E-state index in [9.17, 15) is 0 Å². The molecule has 2 aliphatic rings. The van der Waals surface area contributed by atoms with Gasteiger partial charge in [0.2, 0.25) is 11.7 Å². The average molecular weight is 273 g/mol. The molecule has 0 radical (unpaired) electrons. The van der Waals surface area contributed by atoms with Crippen molar-refractivity contribution in [2.45, 2.75) is 44.7 Å². The summed E-state index contributed by atoms with van der Waals surface area (Å²) in [6, 6.07) is 2.58. The maximum Gasteiger partial charge on any atom is 0.241 e. The van der Waals surface area contributed by atoms with Gasteiger partial charge in [0.15, 0.2) is 0 Å². The van der Waals surface area contributed by atoms with Crippen molar-refractivity contribution >= 4 is 0 Å². The topological polar surface area (TPSA) is 55.3 Å². The molecule has 1 atom stereocenters. The number of hydrogen-bond acceptors (Lipinski definition) is 5. The molecule has 2 aromatic rings. The smallest absolute Gasteiger partial charge is 0.241 e. The van der Waals surface area contributed by atoms with Crippen LogP contribution in [0.3, 0.4) is 0 Å². The van der Waals surface area contributed by atoms with Gasteiger partial charge in [-0.15, -0.1) is 0 Å². The second kappa shape index (κ2) is 5.05. The molecule has 2 fully saturated rings. The number of nitrogens with zero attached hydrogens (tertiary/aromatic N) is 3. The van der Waals surface area contributed by atoms with Crippen LogP contribution in [0.2, 0.25) is 0 Å². The first-order valence-corrected chi connectivity index (χ1v) is 7.49. The van der Waals surface area contributed by atoms with Gasteiger partial charge < -0.3 is 8.94 Å². The first-order chi connectivity index (χ1) is 9.90.